The predicted molar refractivity (Wildman–Crippen MR) is 102 cm³/mol. The lowest BCUT2D eigenvalue weighted by molar-refractivity contribution is -0.118. The number of nitrogens with zero attached hydrogens (tertiary/aromatic N) is 2. The van der Waals surface area contributed by atoms with Gasteiger partial charge in [0.2, 0.25) is 0 Å². The van der Waals surface area contributed by atoms with Gasteiger partial charge >= 0.3 is 0 Å². The maximum absolute atomic E-state index is 11.9. The van der Waals surface area contributed by atoms with Crippen molar-refractivity contribution in [3.05, 3.63) is 59.1 Å². The van der Waals surface area contributed by atoms with Gasteiger partial charge in [0.25, 0.3) is 5.91 Å². The second-order valence-corrected chi connectivity index (χ2v) is 7.67. The topological polar surface area (TPSA) is 54.4 Å². The van der Waals surface area contributed by atoms with Crippen LogP contribution in [0.1, 0.15) is 12.5 Å². The summed E-state index contributed by atoms with van der Waals surface area (Å²) in [7, 11) is 0. The van der Waals surface area contributed by atoms with E-state index in [0.717, 1.165) is 20.1 Å². The van der Waals surface area contributed by atoms with Crippen LogP contribution < -0.4 is 5.43 Å². The second kappa shape index (κ2) is 7.79. The third-order valence-electron chi connectivity index (χ3n) is 3.19. The molecule has 4 nitrogen and oxygen atoms in total. The first-order valence-electron chi connectivity index (χ1n) is 7.19. The summed E-state index contributed by atoms with van der Waals surface area (Å²) in [5.41, 5.74) is 5.11. The third kappa shape index (κ3) is 4.35. The molecular weight excluding hydrogens is 362 g/mol. The van der Waals surface area contributed by atoms with Gasteiger partial charge in [-0.15, -0.1) is 11.3 Å². The molecule has 1 aromatic heterocycles. The van der Waals surface area contributed by atoms with Crippen molar-refractivity contribution in [1.29, 1.82) is 0 Å². The molecule has 2 aromatic carbocycles. The summed E-state index contributed by atoms with van der Waals surface area (Å²) in [5, 5.41) is 4.76. The van der Waals surface area contributed by atoms with E-state index in [9.17, 15) is 4.79 Å². The van der Waals surface area contributed by atoms with Crippen molar-refractivity contribution >= 4 is 56.5 Å². The van der Waals surface area contributed by atoms with E-state index in [1.807, 2.05) is 49.4 Å². The van der Waals surface area contributed by atoms with Crippen LogP contribution in [0.2, 0.25) is 5.02 Å². The number of nitrogens with one attached hydrogen (secondary N) is 1. The molecule has 0 saturated heterocycles. The van der Waals surface area contributed by atoms with E-state index in [1.54, 1.807) is 17.4 Å². The molecule has 0 unspecified atom stereocenters. The molecule has 3 rings (SSSR count). The first-order chi connectivity index (χ1) is 11.6. The number of aromatic nitrogens is 1. The van der Waals surface area contributed by atoms with Crippen LogP contribution >= 0.6 is 34.7 Å². The van der Waals surface area contributed by atoms with Crippen molar-refractivity contribution < 1.29 is 4.79 Å². The highest BCUT2D eigenvalue weighted by molar-refractivity contribution is 8.01. The lowest BCUT2D eigenvalue weighted by atomic mass is 10.1. The van der Waals surface area contributed by atoms with Crippen LogP contribution in [0.4, 0.5) is 0 Å². The number of hydrogen-bond acceptors (Lipinski definition) is 5. The highest BCUT2D eigenvalue weighted by Crippen LogP contribution is 2.28. The van der Waals surface area contributed by atoms with Crippen LogP contribution in [0.25, 0.3) is 10.2 Å². The van der Waals surface area contributed by atoms with Gasteiger partial charge in [-0.25, -0.2) is 10.4 Å². The fraction of sp³-hybridized carbons (Fsp3) is 0.118. The molecule has 0 spiro atoms. The van der Waals surface area contributed by atoms with Crippen LogP contribution in [0.3, 0.4) is 0 Å². The van der Waals surface area contributed by atoms with Crippen LogP contribution in [-0.4, -0.2) is 22.4 Å². The first kappa shape index (κ1) is 17.0. The lowest BCUT2D eigenvalue weighted by Gasteiger charge is -2.02. The maximum Gasteiger partial charge on any atom is 0.250 e. The zero-order valence-electron chi connectivity index (χ0n) is 12.8. The Morgan fingerprint density at radius 2 is 2.12 bits per heavy atom. The Balaban J connectivity index is 1.56. The quantitative estimate of drug-likeness (QED) is 0.403. The highest BCUT2D eigenvalue weighted by atomic mass is 35.5. The molecule has 0 fully saturated rings. The largest absolute Gasteiger partial charge is 0.272 e. The standard InChI is InChI=1S/C17H14ClN3OS2/c1-11(12-5-4-6-13(18)9-12)20-21-16(22)10-23-17-19-14-7-2-3-8-15(14)24-17/h2-9H,10H2,1H3,(H,21,22)/b20-11-. The van der Waals surface area contributed by atoms with E-state index in [0.29, 0.717) is 10.7 Å². The van der Waals surface area contributed by atoms with Crippen LogP contribution in [0.15, 0.2) is 58.0 Å². The highest BCUT2D eigenvalue weighted by Gasteiger charge is 2.07. The molecule has 0 aliphatic heterocycles. The van der Waals surface area contributed by atoms with Gasteiger partial charge in [0.1, 0.15) is 0 Å². The van der Waals surface area contributed by atoms with Gasteiger partial charge in [0.15, 0.2) is 4.34 Å². The number of amides is 1. The van der Waals surface area contributed by atoms with Crippen LogP contribution in [-0.2, 0) is 4.79 Å². The zero-order valence-corrected chi connectivity index (χ0v) is 15.2. The number of carbonyl (C=O) groups excluding carboxylic acids is 1. The number of halogens is 1. The number of thiazole rings is 1. The van der Waals surface area contributed by atoms with Gasteiger partial charge < -0.3 is 0 Å². The molecule has 1 heterocycles. The Hall–Kier alpha value is -1.89. The van der Waals surface area contributed by atoms with Gasteiger partial charge in [-0.2, -0.15) is 5.10 Å². The molecule has 1 amide bonds. The number of hydrazone groups is 1. The van der Waals surface area contributed by atoms with E-state index < -0.39 is 0 Å². The Kier molecular flexibility index (Phi) is 5.50. The van der Waals surface area contributed by atoms with Crippen LogP contribution in [0, 0.1) is 0 Å². The third-order valence-corrected chi connectivity index (χ3v) is 5.61. The average molecular weight is 376 g/mol. The summed E-state index contributed by atoms with van der Waals surface area (Å²) in [5.74, 6) is 0.104. The molecular formula is C17H14ClN3OS2. The average Bonchev–Trinajstić information content (AvgIpc) is 3.00. The zero-order chi connectivity index (χ0) is 16.9. The number of fused-ring (bicyclic) bond motifs is 1. The monoisotopic (exact) mass is 375 g/mol. The van der Waals surface area contributed by atoms with Gasteiger partial charge in [0.05, 0.1) is 21.7 Å². The summed E-state index contributed by atoms with van der Waals surface area (Å²) in [4.78, 5) is 16.4. The van der Waals surface area contributed by atoms with E-state index in [1.165, 1.54) is 11.8 Å². The second-order valence-electron chi connectivity index (χ2n) is 4.98. The number of para-hydroxylation sites is 1. The molecule has 122 valence electrons. The maximum atomic E-state index is 11.9. The molecule has 0 radical (unpaired) electrons. The SMILES string of the molecule is C/C(=N/NC(=O)CSc1nc2ccccc2s1)c1cccc(Cl)c1. The number of carbonyl (C=O) groups is 1. The van der Waals surface area contributed by atoms with Gasteiger partial charge in [0, 0.05) is 5.02 Å². The molecule has 0 bridgehead atoms. The predicted octanol–water partition coefficient (Wildman–Crippen LogP) is 4.58. The molecule has 0 aliphatic carbocycles. The minimum absolute atomic E-state index is 0.166. The van der Waals surface area contributed by atoms with Gasteiger partial charge in [-0.3, -0.25) is 4.79 Å². The number of hydrogen-bond donors (Lipinski definition) is 1. The van der Waals surface area contributed by atoms with Crippen molar-refractivity contribution in [1.82, 2.24) is 10.4 Å². The molecule has 7 heteroatoms. The summed E-state index contributed by atoms with van der Waals surface area (Å²) >= 11 is 8.94. The minimum Gasteiger partial charge on any atom is -0.272 e. The molecule has 3 aromatic rings. The molecule has 0 saturated carbocycles. The Morgan fingerprint density at radius 1 is 1.29 bits per heavy atom. The van der Waals surface area contributed by atoms with E-state index >= 15 is 0 Å². The number of benzene rings is 2. The summed E-state index contributed by atoms with van der Waals surface area (Å²) < 4.78 is 2.00. The van der Waals surface area contributed by atoms with Crippen molar-refractivity contribution in [2.24, 2.45) is 5.10 Å². The summed E-state index contributed by atoms with van der Waals surface area (Å²) in [6.45, 7) is 1.83. The molecule has 0 aliphatic rings. The Labute approximate surface area is 152 Å². The molecule has 1 N–H and O–H groups in total. The smallest absolute Gasteiger partial charge is 0.250 e. The van der Waals surface area contributed by atoms with Crippen molar-refractivity contribution in [3.8, 4) is 0 Å². The van der Waals surface area contributed by atoms with E-state index in [-0.39, 0.29) is 11.7 Å². The number of rotatable bonds is 5. The lowest BCUT2D eigenvalue weighted by Crippen LogP contribution is -2.21. The fourth-order valence-corrected chi connectivity index (χ4v) is 4.05. The van der Waals surface area contributed by atoms with Crippen LogP contribution in [0.5, 0.6) is 0 Å². The minimum atomic E-state index is -0.166. The van der Waals surface area contributed by atoms with Gasteiger partial charge in [-0.1, -0.05) is 47.6 Å². The summed E-state index contributed by atoms with van der Waals surface area (Å²) in [6.07, 6.45) is 0. The van der Waals surface area contributed by atoms with Crippen molar-refractivity contribution in [2.45, 2.75) is 11.3 Å². The Morgan fingerprint density at radius 3 is 2.92 bits per heavy atom. The van der Waals surface area contributed by atoms with Crippen molar-refractivity contribution in [2.75, 3.05) is 5.75 Å². The number of thioether (sulfide) groups is 1. The van der Waals surface area contributed by atoms with E-state index in [2.05, 4.69) is 15.5 Å². The summed E-state index contributed by atoms with van der Waals surface area (Å²) in [6, 6.07) is 15.3. The van der Waals surface area contributed by atoms with Crippen molar-refractivity contribution in [3.63, 3.8) is 0 Å². The normalized spacial score (nSPS) is 11.7. The molecule has 0 atom stereocenters. The van der Waals surface area contributed by atoms with E-state index in [4.69, 9.17) is 11.6 Å². The molecule has 24 heavy (non-hydrogen) atoms. The Bertz CT molecular complexity index is 874. The van der Waals surface area contributed by atoms with Gasteiger partial charge in [-0.05, 0) is 36.8 Å². The first-order valence-corrected chi connectivity index (χ1v) is 9.37. The fourth-order valence-electron chi connectivity index (χ4n) is 2.00.